The van der Waals surface area contributed by atoms with Crippen molar-refractivity contribution in [1.82, 2.24) is 5.32 Å². The van der Waals surface area contributed by atoms with Crippen LogP contribution in [-0.2, 0) is 35.2 Å². The van der Waals surface area contributed by atoms with Crippen molar-refractivity contribution < 1.29 is 38.5 Å². The average Bonchev–Trinajstić information content (AvgIpc) is 2.62. The summed E-state index contributed by atoms with van der Waals surface area (Å²) in [5.74, 6) is -2.18. The number of hydrogen-bond acceptors (Lipinski definition) is 7. The molecule has 0 aliphatic rings. The molecular formula is C23H35NO8. The lowest BCUT2D eigenvalue weighted by molar-refractivity contribution is -0.166. The van der Waals surface area contributed by atoms with Gasteiger partial charge in [0, 0.05) is 0 Å². The Morgan fingerprint density at radius 1 is 0.906 bits per heavy atom. The van der Waals surface area contributed by atoms with Crippen LogP contribution in [0.4, 0.5) is 4.79 Å². The van der Waals surface area contributed by atoms with E-state index in [0.717, 1.165) is 5.56 Å². The summed E-state index contributed by atoms with van der Waals surface area (Å²) in [6, 6.07) is 8.27. The predicted octanol–water partition coefficient (Wildman–Crippen LogP) is 3.84. The molecule has 0 saturated carbocycles. The third kappa shape index (κ3) is 15.7. The van der Waals surface area contributed by atoms with E-state index in [1.54, 1.807) is 48.5 Å². The molecule has 32 heavy (non-hydrogen) atoms. The van der Waals surface area contributed by atoms with Gasteiger partial charge in [-0.15, -0.1) is 0 Å². The molecule has 9 nitrogen and oxygen atoms in total. The van der Waals surface area contributed by atoms with Gasteiger partial charge in [0.25, 0.3) is 0 Å². The van der Waals surface area contributed by atoms with Crippen molar-refractivity contribution in [3.8, 4) is 0 Å². The lowest BCUT2D eigenvalue weighted by Crippen LogP contribution is -2.40. The number of hydrogen-bond donors (Lipinski definition) is 2. The molecule has 0 heterocycles. The molecule has 0 unspecified atom stereocenters. The number of benzene rings is 1. The number of esters is 2. The van der Waals surface area contributed by atoms with Gasteiger partial charge in [-0.1, -0.05) is 37.3 Å². The molecular weight excluding hydrogens is 418 g/mol. The number of ether oxygens (including phenoxy) is 3. The number of carboxylic acid groups (broad SMARTS) is 1. The van der Waals surface area contributed by atoms with E-state index in [0.29, 0.717) is 6.42 Å². The summed E-state index contributed by atoms with van der Waals surface area (Å²) in [4.78, 5) is 44.4. The molecule has 1 rings (SSSR count). The molecule has 1 amide bonds. The van der Waals surface area contributed by atoms with Gasteiger partial charge < -0.3 is 24.6 Å². The minimum absolute atomic E-state index is 0.128. The van der Waals surface area contributed by atoms with Gasteiger partial charge in [0.05, 0.1) is 0 Å². The Balaban J connectivity index is 0.000000607. The van der Waals surface area contributed by atoms with Gasteiger partial charge in [-0.05, 0) is 53.5 Å². The van der Waals surface area contributed by atoms with E-state index >= 15 is 0 Å². The summed E-state index contributed by atoms with van der Waals surface area (Å²) in [6.45, 7) is 12.3. The Hall–Kier alpha value is -3.10. The molecule has 0 aliphatic carbocycles. The van der Waals surface area contributed by atoms with E-state index in [9.17, 15) is 19.2 Å². The highest BCUT2D eigenvalue weighted by Crippen LogP contribution is 2.11. The Kier molecular flexibility index (Phi) is 12.0. The van der Waals surface area contributed by atoms with E-state index < -0.39 is 41.2 Å². The van der Waals surface area contributed by atoms with Crippen LogP contribution in [0.5, 0.6) is 0 Å². The molecule has 0 saturated heterocycles. The zero-order valence-electron chi connectivity index (χ0n) is 19.9. The van der Waals surface area contributed by atoms with Gasteiger partial charge in [0.1, 0.15) is 30.3 Å². The summed E-state index contributed by atoms with van der Waals surface area (Å²) in [6.07, 6.45) is -0.743. The molecule has 0 bridgehead atoms. The van der Waals surface area contributed by atoms with Crippen LogP contribution in [-0.4, -0.2) is 46.4 Å². The molecule has 2 N–H and O–H groups in total. The molecule has 1 aromatic rings. The molecule has 0 aliphatic heterocycles. The zero-order chi connectivity index (χ0) is 24.9. The smallest absolute Gasteiger partial charge is 0.408 e. The van der Waals surface area contributed by atoms with Crippen molar-refractivity contribution in [2.75, 3.05) is 0 Å². The van der Waals surface area contributed by atoms with Gasteiger partial charge in [-0.3, -0.25) is 9.59 Å². The molecule has 180 valence electrons. The van der Waals surface area contributed by atoms with E-state index in [1.165, 1.54) is 0 Å². The summed E-state index contributed by atoms with van der Waals surface area (Å²) in [5.41, 5.74) is -0.288. The maximum atomic E-state index is 11.3. The highest BCUT2D eigenvalue weighted by molar-refractivity contribution is 5.91. The molecule has 0 radical (unpaired) electrons. The van der Waals surface area contributed by atoms with Crippen molar-refractivity contribution >= 4 is 24.0 Å². The summed E-state index contributed by atoms with van der Waals surface area (Å²) in [5, 5.41) is 11.0. The monoisotopic (exact) mass is 453 g/mol. The van der Waals surface area contributed by atoms with Crippen molar-refractivity contribution in [1.29, 1.82) is 0 Å². The third-order valence-corrected chi connectivity index (χ3v) is 3.34. The SMILES string of the molecule is CC(C)(C)OC(=O)CC(=O)OC(C)(C)C.CC[C@@H](NC(=O)OCc1ccccc1)C(=O)O. The van der Waals surface area contributed by atoms with Crippen LogP contribution in [0.1, 0.15) is 66.9 Å². The topological polar surface area (TPSA) is 128 Å². The van der Waals surface area contributed by atoms with Crippen LogP contribution in [0.15, 0.2) is 30.3 Å². The highest BCUT2D eigenvalue weighted by atomic mass is 16.6. The normalized spacial score (nSPS) is 11.8. The van der Waals surface area contributed by atoms with Crippen molar-refractivity contribution in [2.45, 2.75) is 85.2 Å². The fourth-order valence-corrected chi connectivity index (χ4v) is 2.12. The Bertz CT molecular complexity index is 722. The first-order valence-electron chi connectivity index (χ1n) is 10.3. The van der Waals surface area contributed by atoms with Gasteiger partial charge in [-0.2, -0.15) is 0 Å². The largest absolute Gasteiger partial charge is 0.480 e. The van der Waals surface area contributed by atoms with Gasteiger partial charge in [0.15, 0.2) is 0 Å². The summed E-state index contributed by atoms with van der Waals surface area (Å²) >= 11 is 0. The number of nitrogens with one attached hydrogen (secondary N) is 1. The summed E-state index contributed by atoms with van der Waals surface area (Å²) < 4.78 is 14.9. The van der Waals surface area contributed by atoms with Crippen LogP contribution in [0.3, 0.4) is 0 Å². The fourth-order valence-electron chi connectivity index (χ4n) is 2.12. The predicted molar refractivity (Wildman–Crippen MR) is 118 cm³/mol. The number of alkyl carbamates (subject to hydrolysis) is 1. The maximum absolute atomic E-state index is 11.3. The van der Waals surface area contributed by atoms with E-state index in [-0.39, 0.29) is 13.0 Å². The number of rotatable bonds is 7. The second-order valence-corrected chi connectivity index (χ2v) is 8.85. The third-order valence-electron chi connectivity index (χ3n) is 3.34. The molecule has 9 heteroatoms. The Morgan fingerprint density at radius 3 is 1.75 bits per heavy atom. The van der Waals surface area contributed by atoms with Crippen molar-refractivity contribution in [3.63, 3.8) is 0 Å². The van der Waals surface area contributed by atoms with E-state index in [1.807, 2.05) is 30.3 Å². The molecule has 0 fully saturated rings. The first-order valence-corrected chi connectivity index (χ1v) is 10.3. The molecule has 1 atom stereocenters. The van der Waals surface area contributed by atoms with E-state index in [4.69, 9.17) is 19.3 Å². The number of aliphatic carboxylic acids is 1. The van der Waals surface area contributed by atoms with Gasteiger partial charge in [-0.25, -0.2) is 9.59 Å². The van der Waals surface area contributed by atoms with E-state index in [2.05, 4.69) is 5.32 Å². The van der Waals surface area contributed by atoms with Crippen molar-refractivity contribution in [2.24, 2.45) is 0 Å². The highest BCUT2D eigenvalue weighted by Gasteiger charge is 2.23. The number of carbonyl (C=O) groups excluding carboxylic acids is 3. The number of amides is 1. The van der Waals surface area contributed by atoms with Gasteiger partial charge in [0.2, 0.25) is 0 Å². The minimum atomic E-state index is -1.07. The molecule has 1 aromatic carbocycles. The lowest BCUT2D eigenvalue weighted by Gasteiger charge is -2.21. The minimum Gasteiger partial charge on any atom is -0.480 e. The summed E-state index contributed by atoms with van der Waals surface area (Å²) in [7, 11) is 0. The zero-order valence-corrected chi connectivity index (χ0v) is 19.9. The quantitative estimate of drug-likeness (QED) is 0.362. The Morgan fingerprint density at radius 2 is 1.38 bits per heavy atom. The Labute approximate surface area is 189 Å². The second kappa shape index (κ2) is 13.3. The van der Waals surface area contributed by atoms with Crippen LogP contribution in [0, 0.1) is 0 Å². The standard InChI is InChI=1S/C12H15NO4.C11H20O4/c1-2-10(11(14)15)13-12(16)17-8-9-6-4-3-5-7-9;1-10(2,3)14-8(12)7-9(13)15-11(4,5)6/h3-7,10H,2,8H2,1H3,(H,13,16)(H,14,15);7H2,1-6H3/t10-;/m1./s1. The number of carbonyl (C=O) groups is 4. The lowest BCUT2D eigenvalue weighted by atomic mass is 10.2. The maximum Gasteiger partial charge on any atom is 0.408 e. The second-order valence-electron chi connectivity index (χ2n) is 8.85. The number of carboxylic acids is 1. The van der Waals surface area contributed by atoms with Crippen molar-refractivity contribution in [3.05, 3.63) is 35.9 Å². The van der Waals surface area contributed by atoms with Crippen LogP contribution < -0.4 is 5.32 Å². The first-order chi connectivity index (χ1) is 14.6. The average molecular weight is 454 g/mol. The molecule has 0 spiro atoms. The van der Waals surface area contributed by atoms with Crippen LogP contribution >= 0.6 is 0 Å². The van der Waals surface area contributed by atoms with Crippen LogP contribution in [0.25, 0.3) is 0 Å². The first kappa shape index (κ1) is 28.9. The molecule has 0 aromatic heterocycles. The van der Waals surface area contributed by atoms with Crippen LogP contribution in [0.2, 0.25) is 0 Å². The fraction of sp³-hybridized carbons (Fsp3) is 0.565. The van der Waals surface area contributed by atoms with Gasteiger partial charge >= 0.3 is 24.0 Å².